The Morgan fingerprint density at radius 1 is 0.806 bits per heavy atom. The highest BCUT2D eigenvalue weighted by Crippen LogP contribution is 2.44. The highest BCUT2D eigenvalue weighted by molar-refractivity contribution is 5.92. The molecule has 5 nitrogen and oxygen atoms in total. The fraction of sp³-hybridized carbons (Fsp3) is 0.923. The molecular weight excluding hydrogens is 388 g/mol. The molecule has 0 radical (unpaired) electrons. The maximum atomic E-state index is 13.2. The molecule has 0 aliphatic carbocycles. The molecule has 2 amide bonds. The molecule has 180 valence electrons. The third-order valence-electron chi connectivity index (χ3n) is 7.68. The van der Waals surface area contributed by atoms with E-state index in [-0.39, 0.29) is 33.4 Å². The van der Waals surface area contributed by atoms with Crippen molar-refractivity contribution in [2.75, 3.05) is 13.7 Å². The van der Waals surface area contributed by atoms with Gasteiger partial charge in [0.1, 0.15) is 6.04 Å². The topological polar surface area (TPSA) is 46.6 Å². The number of unbranched alkanes of at least 4 members (excludes halogenated alkanes) is 9. The van der Waals surface area contributed by atoms with Gasteiger partial charge in [-0.25, -0.2) is 9.59 Å². The van der Waals surface area contributed by atoms with Crippen molar-refractivity contribution in [3.8, 4) is 0 Å². The maximum absolute atomic E-state index is 13.2. The van der Waals surface area contributed by atoms with Crippen LogP contribution in [0, 0.1) is 0 Å². The zero-order chi connectivity index (χ0) is 23.1. The van der Waals surface area contributed by atoms with Gasteiger partial charge in [0.2, 0.25) is 0 Å². The number of rotatable bonds is 13. The normalized spacial score (nSPS) is 23.5. The number of hydroxylamine groups is 2. The van der Waals surface area contributed by atoms with Gasteiger partial charge < -0.3 is 4.84 Å². The Morgan fingerprint density at radius 3 is 1.65 bits per heavy atom. The number of amides is 2. The number of hydrogen-bond acceptors (Lipinski definition) is 4. The van der Waals surface area contributed by atoms with Gasteiger partial charge in [-0.3, -0.25) is 0 Å². The summed E-state index contributed by atoms with van der Waals surface area (Å²) < 4.78 is 0.0986. The van der Waals surface area contributed by atoms with Gasteiger partial charge in [-0.05, 0) is 40.5 Å². The van der Waals surface area contributed by atoms with E-state index in [1.165, 1.54) is 51.4 Å². The van der Waals surface area contributed by atoms with Gasteiger partial charge in [0.25, 0.3) is 0 Å². The molecule has 2 aliphatic rings. The lowest BCUT2D eigenvalue weighted by atomic mass is 9.77. The maximum Gasteiger partial charge on any atom is 0.322 e. The van der Waals surface area contributed by atoms with Crippen LogP contribution in [0.15, 0.2) is 0 Å². The second-order valence-corrected chi connectivity index (χ2v) is 11.2. The number of likely N-dealkylation sites (tertiary alicyclic amines) is 1. The van der Waals surface area contributed by atoms with E-state index in [0.29, 0.717) is 19.4 Å². The van der Waals surface area contributed by atoms with Crippen molar-refractivity contribution in [2.24, 2.45) is 0 Å². The first-order valence-corrected chi connectivity index (χ1v) is 12.9. The molecule has 0 aromatic rings. The molecule has 2 heterocycles. The Morgan fingerprint density at radius 2 is 1.23 bits per heavy atom. The quantitative estimate of drug-likeness (QED) is 0.197. The Labute approximate surface area is 191 Å². The monoisotopic (exact) mass is 437 g/mol. The van der Waals surface area contributed by atoms with Crippen LogP contribution in [0.4, 0.5) is 0 Å². The first-order valence-electron chi connectivity index (χ1n) is 12.9. The molecule has 5 heteroatoms. The number of imide groups is 1. The van der Waals surface area contributed by atoms with Crippen molar-refractivity contribution < 1.29 is 18.9 Å². The predicted molar refractivity (Wildman–Crippen MR) is 126 cm³/mol. The standard InChI is InChI=1S/C26H49N2O3/c1-7-8-9-10-11-12-13-14-15-16-19-28(23(29)17-18-24(28)30)22-20-25(2,3)27(31-6)26(4,5)21-22/h22H,7-21H2,1-6H3/q+1. The van der Waals surface area contributed by atoms with Gasteiger partial charge in [-0.15, -0.1) is 0 Å². The molecule has 0 unspecified atom stereocenters. The van der Waals surface area contributed by atoms with Crippen LogP contribution in [-0.2, 0) is 14.4 Å². The van der Waals surface area contributed by atoms with Gasteiger partial charge >= 0.3 is 11.8 Å². The number of hydrogen-bond donors (Lipinski definition) is 0. The van der Waals surface area contributed by atoms with E-state index in [4.69, 9.17) is 4.84 Å². The fourth-order valence-corrected chi connectivity index (χ4v) is 6.46. The molecule has 2 rings (SSSR count). The minimum Gasteiger partial charge on any atom is -0.301 e. The SMILES string of the molecule is CCCCCCCCCCCC[N+]1(C2CC(C)(C)N(OC)C(C)(C)C2)C(=O)CCC1=O. The number of carbonyl (C=O) groups is 2. The molecule has 2 fully saturated rings. The van der Waals surface area contributed by atoms with Crippen molar-refractivity contribution in [1.29, 1.82) is 0 Å². The fourth-order valence-electron chi connectivity index (χ4n) is 6.46. The Hall–Kier alpha value is -0.780. The summed E-state index contributed by atoms with van der Waals surface area (Å²) in [4.78, 5) is 32.1. The molecule has 0 atom stereocenters. The van der Waals surface area contributed by atoms with Gasteiger partial charge in [-0.1, -0.05) is 58.3 Å². The van der Waals surface area contributed by atoms with Crippen LogP contribution in [0.2, 0.25) is 0 Å². The predicted octanol–water partition coefficient (Wildman–Crippen LogP) is 6.15. The molecular formula is C26H49N2O3+. The highest BCUT2D eigenvalue weighted by Gasteiger charge is 2.60. The van der Waals surface area contributed by atoms with E-state index in [1.54, 1.807) is 7.11 Å². The summed E-state index contributed by atoms with van der Waals surface area (Å²) in [7, 11) is 1.73. The summed E-state index contributed by atoms with van der Waals surface area (Å²) in [6.07, 6.45) is 15.1. The van der Waals surface area contributed by atoms with E-state index in [1.807, 2.05) is 0 Å². The van der Waals surface area contributed by atoms with E-state index < -0.39 is 0 Å². The minimum absolute atomic E-state index is 0.0532. The summed E-state index contributed by atoms with van der Waals surface area (Å²) in [5, 5.41) is 2.07. The van der Waals surface area contributed by atoms with Gasteiger partial charge in [0.05, 0.1) is 26.5 Å². The lowest BCUT2D eigenvalue weighted by Crippen LogP contribution is -2.70. The lowest BCUT2D eigenvalue weighted by molar-refractivity contribution is -0.806. The van der Waals surface area contributed by atoms with Gasteiger partial charge in [0.15, 0.2) is 0 Å². The van der Waals surface area contributed by atoms with Crippen LogP contribution in [0.25, 0.3) is 0 Å². The summed E-state index contributed by atoms with van der Waals surface area (Å²) >= 11 is 0. The average Bonchev–Trinajstić information content (AvgIpc) is 2.97. The van der Waals surface area contributed by atoms with E-state index in [0.717, 1.165) is 25.7 Å². The second-order valence-electron chi connectivity index (χ2n) is 11.2. The first kappa shape index (κ1) is 26.5. The smallest absolute Gasteiger partial charge is 0.301 e. The van der Waals surface area contributed by atoms with Crippen molar-refractivity contribution >= 4 is 11.8 Å². The third kappa shape index (κ3) is 6.17. The van der Waals surface area contributed by atoms with E-state index >= 15 is 0 Å². The molecule has 2 aliphatic heterocycles. The summed E-state index contributed by atoms with van der Waals surface area (Å²) in [5.41, 5.74) is -0.430. The van der Waals surface area contributed by atoms with Crippen LogP contribution in [0.1, 0.15) is 125 Å². The minimum atomic E-state index is -0.215. The van der Waals surface area contributed by atoms with Gasteiger partial charge in [-0.2, -0.15) is 9.55 Å². The summed E-state index contributed by atoms with van der Waals surface area (Å²) in [5.74, 6) is 0.312. The van der Waals surface area contributed by atoms with Gasteiger partial charge in [0, 0.05) is 23.9 Å². The number of quaternary nitrogens is 1. The zero-order valence-corrected chi connectivity index (χ0v) is 21.3. The van der Waals surface area contributed by atoms with Crippen LogP contribution in [0.5, 0.6) is 0 Å². The first-order chi connectivity index (χ1) is 14.6. The molecule has 2 saturated heterocycles. The summed E-state index contributed by atoms with van der Waals surface area (Å²) in [6.45, 7) is 11.6. The van der Waals surface area contributed by atoms with Crippen molar-refractivity contribution in [3.05, 3.63) is 0 Å². The molecule has 0 saturated carbocycles. The molecule has 0 N–H and O–H groups in total. The molecule has 0 aromatic heterocycles. The molecule has 31 heavy (non-hydrogen) atoms. The van der Waals surface area contributed by atoms with E-state index in [9.17, 15) is 9.59 Å². The third-order valence-corrected chi connectivity index (χ3v) is 7.68. The van der Waals surface area contributed by atoms with Crippen molar-refractivity contribution in [2.45, 2.75) is 142 Å². The zero-order valence-electron chi connectivity index (χ0n) is 21.3. The number of nitrogens with zero attached hydrogens (tertiary/aromatic N) is 2. The van der Waals surface area contributed by atoms with Crippen LogP contribution in [0.3, 0.4) is 0 Å². The molecule has 0 spiro atoms. The number of carbonyl (C=O) groups excluding carboxylic acids is 2. The van der Waals surface area contributed by atoms with Crippen molar-refractivity contribution in [1.82, 2.24) is 5.06 Å². The largest absolute Gasteiger partial charge is 0.322 e. The van der Waals surface area contributed by atoms with E-state index in [2.05, 4.69) is 39.7 Å². The van der Waals surface area contributed by atoms with Crippen LogP contribution >= 0.6 is 0 Å². The van der Waals surface area contributed by atoms with Crippen molar-refractivity contribution in [3.63, 3.8) is 0 Å². The Kier molecular flexibility index (Phi) is 9.72. The van der Waals surface area contributed by atoms with Crippen LogP contribution in [-0.4, -0.2) is 52.1 Å². The lowest BCUT2D eigenvalue weighted by Gasteiger charge is -2.55. The Balaban J connectivity index is 1.95. The Bertz CT molecular complexity index is 565. The second kappa shape index (κ2) is 11.4. The molecule has 0 bridgehead atoms. The average molecular weight is 438 g/mol. The number of piperidine rings is 1. The van der Waals surface area contributed by atoms with Crippen LogP contribution < -0.4 is 0 Å². The highest BCUT2D eigenvalue weighted by atomic mass is 16.7. The molecule has 0 aromatic carbocycles. The summed E-state index contributed by atoms with van der Waals surface area (Å²) in [6, 6.07) is 0.0532.